The summed E-state index contributed by atoms with van der Waals surface area (Å²) >= 11 is 0. The molecule has 2 amide bonds. The third-order valence-corrected chi connectivity index (χ3v) is 3.80. The molecule has 25 heavy (non-hydrogen) atoms. The molecular weight excluding hydrogens is 330 g/mol. The Kier molecular flexibility index (Phi) is 7.95. The van der Waals surface area contributed by atoms with Crippen LogP contribution in [0.4, 0.5) is 0 Å². The van der Waals surface area contributed by atoms with Crippen LogP contribution in [0, 0.1) is 17.8 Å². The largest absolute Gasteiger partial charge is 0.481 e. The van der Waals surface area contributed by atoms with Gasteiger partial charge in [0.2, 0.25) is 17.4 Å². The molecule has 0 bridgehead atoms. The van der Waals surface area contributed by atoms with Gasteiger partial charge in [0.25, 0.3) is 0 Å². The van der Waals surface area contributed by atoms with E-state index < -0.39 is 65.7 Å². The molecule has 0 unspecified atom stereocenters. The van der Waals surface area contributed by atoms with Crippen molar-refractivity contribution in [2.75, 3.05) is 0 Å². The van der Waals surface area contributed by atoms with Crippen molar-refractivity contribution in [1.29, 1.82) is 0 Å². The molecule has 0 heterocycles. The van der Waals surface area contributed by atoms with E-state index in [1.807, 2.05) is 0 Å². The fourth-order valence-electron chi connectivity index (χ4n) is 2.42. The SMILES string of the molecule is CC(C)C(=O)N(C(=O)C(C)C)[C@@](CCC(=O)O)(C(=O)O)C(=O)C(C)C. The van der Waals surface area contributed by atoms with Crippen LogP contribution >= 0.6 is 0 Å². The van der Waals surface area contributed by atoms with E-state index in [-0.39, 0.29) is 0 Å². The average Bonchev–Trinajstić information content (AvgIpc) is 2.48. The molecule has 0 spiro atoms. The van der Waals surface area contributed by atoms with E-state index >= 15 is 0 Å². The molecular formula is C17H27NO7. The zero-order valence-corrected chi connectivity index (χ0v) is 15.5. The van der Waals surface area contributed by atoms with Gasteiger partial charge >= 0.3 is 11.9 Å². The van der Waals surface area contributed by atoms with Crippen LogP contribution in [0.5, 0.6) is 0 Å². The number of carboxylic acid groups (broad SMARTS) is 2. The van der Waals surface area contributed by atoms with E-state index in [1.54, 1.807) is 0 Å². The van der Waals surface area contributed by atoms with Crippen LogP contribution in [0.15, 0.2) is 0 Å². The number of carbonyl (C=O) groups excluding carboxylic acids is 3. The first kappa shape index (κ1) is 22.8. The summed E-state index contributed by atoms with van der Waals surface area (Å²) in [6, 6.07) is 0. The lowest BCUT2D eigenvalue weighted by Gasteiger charge is -2.40. The maximum absolute atomic E-state index is 12.8. The molecule has 0 saturated carbocycles. The highest BCUT2D eigenvalue weighted by Gasteiger charge is 2.56. The predicted molar refractivity (Wildman–Crippen MR) is 88.6 cm³/mol. The van der Waals surface area contributed by atoms with Gasteiger partial charge in [-0.2, -0.15) is 0 Å². The molecule has 0 aliphatic carbocycles. The van der Waals surface area contributed by atoms with Gasteiger partial charge < -0.3 is 10.2 Å². The number of nitrogens with zero attached hydrogens (tertiary/aromatic N) is 1. The van der Waals surface area contributed by atoms with Gasteiger partial charge in [0.05, 0.1) is 0 Å². The van der Waals surface area contributed by atoms with E-state index in [4.69, 9.17) is 5.11 Å². The lowest BCUT2D eigenvalue weighted by atomic mass is 9.80. The Bertz CT molecular complexity index is 545. The molecule has 0 rings (SSSR count). The van der Waals surface area contributed by atoms with Gasteiger partial charge in [-0.05, 0) is 6.42 Å². The molecule has 2 N–H and O–H groups in total. The van der Waals surface area contributed by atoms with Gasteiger partial charge in [0.1, 0.15) is 0 Å². The molecule has 8 heteroatoms. The molecule has 8 nitrogen and oxygen atoms in total. The minimum atomic E-state index is -2.53. The second-order valence-corrected chi connectivity index (χ2v) is 6.90. The Morgan fingerprint density at radius 2 is 1.20 bits per heavy atom. The molecule has 0 saturated heterocycles. The van der Waals surface area contributed by atoms with Crippen molar-refractivity contribution in [3.63, 3.8) is 0 Å². The summed E-state index contributed by atoms with van der Waals surface area (Å²) in [4.78, 5) is 61.7. The second-order valence-electron chi connectivity index (χ2n) is 6.90. The fourth-order valence-corrected chi connectivity index (χ4v) is 2.42. The number of ketones is 1. The lowest BCUT2D eigenvalue weighted by Crippen LogP contribution is -2.66. The second kappa shape index (κ2) is 8.73. The molecule has 0 aliphatic rings. The third kappa shape index (κ3) is 4.87. The Hall–Kier alpha value is -2.25. The minimum absolute atomic E-state index is 0.482. The zero-order valence-electron chi connectivity index (χ0n) is 15.5. The first-order chi connectivity index (χ1) is 11.3. The highest BCUT2D eigenvalue weighted by molar-refractivity contribution is 6.16. The predicted octanol–water partition coefficient (Wildman–Crippen LogP) is 1.57. The van der Waals surface area contributed by atoms with E-state index in [9.17, 15) is 29.1 Å². The Labute approximate surface area is 147 Å². The smallest absolute Gasteiger partial charge is 0.337 e. The van der Waals surface area contributed by atoms with Crippen LogP contribution in [0.25, 0.3) is 0 Å². The zero-order chi connectivity index (χ0) is 20.1. The van der Waals surface area contributed by atoms with Crippen molar-refractivity contribution in [3.05, 3.63) is 0 Å². The quantitative estimate of drug-likeness (QED) is 0.599. The number of carbonyl (C=O) groups is 5. The number of carboxylic acids is 2. The molecule has 0 aliphatic heterocycles. The van der Waals surface area contributed by atoms with Crippen molar-refractivity contribution in [3.8, 4) is 0 Å². The topological polar surface area (TPSA) is 129 Å². The van der Waals surface area contributed by atoms with E-state index in [0.29, 0.717) is 4.90 Å². The number of rotatable bonds is 9. The van der Waals surface area contributed by atoms with Gasteiger partial charge in [-0.3, -0.25) is 24.1 Å². The Morgan fingerprint density at radius 1 is 0.800 bits per heavy atom. The standard InChI is InChI=1S/C17H27NO7/c1-9(2)13(21)17(16(24)25,8-7-12(19)20)18(14(22)10(3)4)15(23)11(5)6/h9-11H,7-8H2,1-6H3,(H,19,20)(H,24,25)/t17-/m1/s1. The van der Waals surface area contributed by atoms with Crippen LogP contribution < -0.4 is 0 Å². The number of Topliss-reactive ketones (excluding diaryl/α,β-unsaturated/α-hetero) is 1. The third-order valence-electron chi connectivity index (χ3n) is 3.80. The number of imide groups is 1. The van der Waals surface area contributed by atoms with Crippen molar-refractivity contribution in [1.82, 2.24) is 4.90 Å². The van der Waals surface area contributed by atoms with Gasteiger partial charge in [-0.1, -0.05) is 41.5 Å². The summed E-state index contributed by atoms with van der Waals surface area (Å²) < 4.78 is 0. The van der Waals surface area contributed by atoms with E-state index in [2.05, 4.69) is 0 Å². The number of amides is 2. The molecule has 0 fully saturated rings. The monoisotopic (exact) mass is 357 g/mol. The number of hydrogen-bond acceptors (Lipinski definition) is 5. The van der Waals surface area contributed by atoms with Crippen molar-refractivity contribution in [2.45, 2.75) is 59.9 Å². The van der Waals surface area contributed by atoms with E-state index in [0.717, 1.165) is 0 Å². The molecule has 142 valence electrons. The number of hydrogen-bond donors (Lipinski definition) is 2. The average molecular weight is 357 g/mol. The normalized spacial score (nSPS) is 13.6. The van der Waals surface area contributed by atoms with Crippen molar-refractivity contribution in [2.24, 2.45) is 17.8 Å². The van der Waals surface area contributed by atoms with Crippen LogP contribution in [-0.4, -0.2) is 50.2 Å². The fraction of sp³-hybridized carbons (Fsp3) is 0.706. The first-order valence-electron chi connectivity index (χ1n) is 8.18. The van der Waals surface area contributed by atoms with E-state index in [1.165, 1.54) is 41.5 Å². The Morgan fingerprint density at radius 3 is 1.44 bits per heavy atom. The molecule has 0 radical (unpaired) electrons. The molecule has 0 aromatic carbocycles. The maximum atomic E-state index is 12.8. The highest BCUT2D eigenvalue weighted by Crippen LogP contribution is 2.30. The van der Waals surface area contributed by atoms with Gasteiger partial charge in [-0.25, -0.2) is 4.79 Å². The van der Waals surface area contributed by atoms with Crippen LogP contribution in [0.2, 0.25) is 0 Å². The molecule has 0 aromatic rings. The summed E-state index contributed by atoms with van der Waals surface area (Å²) in [5.41, 5.74) is -2.53. The van der Waals surface area contributed by atoms with Gasteiger partial charge in [0, 0.05) is 24.2 Å². The van der Waals surface area contributed by atoms with Crippen molar-refractivity contribution < 1.29 is 34.2 Å². The van der Waals surface area contributed by atoms with Crippen LogP contribution in [0.1, 0.15) is 54.4 Å². The van der Waals surface area contributed by atoms with Crippen LogP contribution in [0.3, 0.4) is 0 Å². The van der Waals surface area contributed by atoms with Crippen molar-refractivity contribution >= 4 is 29.5 Å². The summed E-state index contributed by atoms with van der Waals surface area (Å²) in [6.45, 7) is 8.80. The number of aliphatic carboxylic acids is 2. The minimum Gasteiger partial charge on any atom is -0.481 e. The lowest BCUT2D eigenvalue weighted by molar-refractivity contribution is -0.175. The van der Waals surface area contributed by atoms with Gasteiger partial charge in [0.15, 0.2) is 5.78 Å². The van der Waals surface area contributed by atoms with Gasteiger partial charge in [-0.15, -0.1) is 0 Å². The summed E-state index contributed by atoms with van der Waals surface area (Å²) in [5.74, 6) is -7.83. The summed E-state index contributed by atoms with van der Waals surface area (Å²) in [7, 11) is 0. The highest BCUT2D eigenvalue weighted by atomic mass is 16.4. The summed E-state index contributed by atoms with van der Waals surface area (Å²) in [5, 5.41) is 18.8. The van der Waals surface area contributed by atoms with Crippen LogP contribution in [-0.2, 0) is 24.0 Å². The Balaban J connectivity index is 6.64. The maximum Gasteiger partial charge on any atom is 0.337 e. The molecule has 0 aromatic heterocycles. The molecule has 1 atom stereocenters. The first-order valence-corrected chi connectivity index (χ1v) is 8.18. The summed E-state index contributed by atoms with van der Waals surface area (Å²) in [6.07, 6.45) is -1.34.